The van der Waals surface area contributed by atoms with Crippen LogP contribution in [0.1, 0.15) is 19.8 Å². The minimum Gasteiger partial charge on any atom is -0.494 e. The molecule has 3 aromatic rings. The first-order valence-corrected chi connectivity index (χ1v) is 8.06. The summed E-state index contributed by atoms with van der Waals surface area (Å²) in [5.74, 6) is 1.56. The number of nitrogens with zero attached hydrogens (tertiary/aromatic N) is 2. The van der Waals surface area contributed by atoms with Gasteiger partial charge >= 0.3 is 0 Å². The van der Waals surface area contributed by atoms with Crippen LogP contribution < -0.4 is 10.1 Å². The Labute approximate surface area is 140 Å². The van der Waals surface area contributed by atoms with Gasteiger partial charge in [-0.15, -0.1) is 0 Å². The van der Waals surface area contributed by atoms with Gasteiger partial charge in [0.05, 0.1) is 12.1 Å². The Balaban J connectivity index is 1.79. The van der Waals surface area contributed by atoms with Crippen LogP contribution in [0.25, 0.3) is 10.9 Å². The van der Waals surface area contributed by atoms with Gasteiger partial charge < -0.3 is 10.1 Å². The van der Waals surface area contributed by atoms with Crippen molar-refractivity contribution in [3.05, 3.63) is 53.8 Å². The van der Waals surface area contributed by atoms with Crippen molar-refractivity contribution in [1.29, 1.82) is 0 Å². The second kappa shape index (κ2) is 7.29. The highest BCUT2D eigenvalue weighted by Crippen LogP contribution is 2.26. The van der Waals surface area contributed by atoms with Crippen molar-refractivity contribution in [3.8, 4) is 5.75 Å². The zero-order valence-electron chi connectivity index (χ0n) is 12.9. The summed E-state index contributed by atoms with van der Waals surface area (Å²) < 4.78 is 5.67. The van der Waals surface area contributed by atoms with E-state index in [1.54, 1.807) is 0 Å². The fourth-order valence-corrected chi connectivity index (χ4v) is 2.42. The van der Waals surface area contributed by atoms with Crippen LogP contribution in [0.4, 0.5) is 11.5 Å². The summed E-state index contributed by atoms with van der Waals surface area (Å²) in [4.78, 5) is 8.52. The lowest BCUT2D eigenvalue weighted by Gasteiger charge is -2.10. The largest absolute Gasteiger partial charge is 0.494 e. The molecule has 3 rings (SSSR count). The topological polar surface area (TPSA) is 47.0 Å². The molecular weight excluding hydrogens is 310 g/mol. The molecule has 2 aromatic carbocycles. The fraction of sp³-hybridized carbons (Fsp3) is 0.222. The number of aromatic nitrogens is 2. The predicted molar refractivity (Wildman–Crippen MR) is 94.7 cm³/mol. The molecule has 5 heteroatoms. The Hall–Kier alpha value is -2.33. The molecule has 0 atom stereocenters. The number of ether oxygens (including phenoxy) is 1. The van der Waals surface area contributed by atoms with Gasteiger partial charge in [0.15, 0.2) is 0 Å². The zero-order valence-corrected chi connectivity index (χ0v) is 13.7. The summed E-state index contributed by atoms with van der Waals surface area (Å²) >= 11 is 6.00. The summed E-state index contributed by atoms with van der Waals surface area (Å²) in [6, 6.07) is 15.6. The number of nitrogens with one attached hydrogen (secondary N) is 1. The van der Waals surface area contributed by atoms with Gasteiger partial charge in [-0.1, -0.05) is 25.5 Å². The summed E-state index contributed by atoms with van der Waals surface area (Å²) in [5.41, 5.74) is 1.74. The lowest BCUT2D eigenvalue weighted by molar-refractivity contribution is 0.309. The SMILES string of the molecule is CCCCOc1ccc(Nc2nc(Cl)nc3ccccc23)cc1. The summed E-state index contributed by atoms with van der Waals surface area (Å²) in [6.45, 7) is 2.89. The van der Waals surface area contributed by atoms with Crippen LogP contribution in [0.3, 0.4) is 0 Å². The number of fused-ring (bicyclic) bond motifs is 1. The molecular formula is C18H18ClN3O. The molecule has 0 spiro atoms. The maximum Gasteiger partial charge on any atom is 0.224 e. The molecule has 1 heterocycles. The Kier molecular flexibility index (Phi) is 4.93. The van der Waals surface area contributed by atoms with Gasteiger partial charge in [-0.05, 0) is 54.4 Å². The number of unbranched alkanes of at least 4 members (excludes halogenated alkanes) is 1. The minimum atomic E-state index is 0.228. The molecule has 0 aliphatic carbocycles. The minimum absolute atomic E-state index is 0.228. The van der Waals surface area contributed by atoms with Crippen LogP contribution in [0.2, 0.25) is 5.28 Å². The van der Waals surface area contributed by atoms with Crippen molar-refractivity contribution in [2.75, 3.05) is 11.9 Å². The molecule has 1 aromatic heterocycles. The first-order chi connectivity index (χ1) is 11.3. The molecule has 1 N–H and O–H groups in total. The second-order valence-electron chi connectivity index (χ2n) is 5.21. The summed E-state index contributed by atoms with van der Waals surface area (Å²) in [7, 11) is 0. The first-order valence-electron chi connectivity index (χ1n) is 7.68. The molecule has 23 heavy (non-hydrogen) atoms. The van der Waals surface area contributed by atoms with E-state index in [0.717, 1.165) is 41.8 Å². The normalized spacial score (nSPS) is 10.7. The fourth-order valence-electron chi connectivity index (χ4n) is 2.25. The van der Waals surface area contributed by atoms with E-state index in [9.17, 15) is 0 Å². The van der Waals surface area contributed by atoms with Gasteiger partial charge in [0.1, 0.15) is 11.6 Å². The van der Waals surface area contributed by atoms with Gasteiger partial charge in [-0.2, -0.15) is 4.98 Å². The molecule has 0 saturated heterocycles. The van der Waals surface area contributed by atoms with Crippen molar-refractivity contribution >= 4 is 34.0 Å². The van der Waals surface area contributed by atoms with Crippen LogP contribution in [0.15, 0.2) is 48.5 Å². The van der Waals surface area contributed by atoms with E-state index in [2.05, 4.69) is 22.2 Å². The van der Waals surface area contributed by atoms with Crippen molar-refractivity contribution in [3.63, 3.8) is 0 Å². The third-order valence-corrected chi connectivity index (χ3v) is 3.63. The van der Waals surface area contributed by atoms with Gasteiger partial charge in [-0.25, -0.2) is 4.98 Å². The van der Waals surface area contributed by atoms with Gasteiger partial charge in [0.25, 0.3) is 0 Å². The summed E-state index contributed by atoms with van der Waals surface area (Å²) in [6.07, 6.45) is 2.19. The number of anilines is 2. The average Bonchev–Trinajstić information content (AvgIpc) is 2.56. The van der Waals surface area contributed by atoms with E-state index in [-0.39, 0.29) is 5.28 Å². The second-order valence-corrected chi connectivity index (χ2v) is 5.55. The van der Waals surface area contributed by atoms with Gasteiger partial charge in [0.2, 0.25) is 5.28 Å². The standard InChI is InChI=1S/C18H18ClN3O/c1-2-3-12-23-14-10-8-13(9-11-14)20-17-15-6-4-5-7-16(15)21-18(19)22-17/h4-11H,2-3,12H2,1H3,(H,20,21,22). The quantitative estimate of drug-likeness (QED) is 0.499. The molecule has 0 aliphatic heterocycles. The van der Waals surface area contributed by atoms with Crippen molar-refractivity contribution in [2.45, 2.75) is 19.8 Å². The highest BCUT2D eigenvalue weighted by molar-refractivity contribution is 6.28. The van der Waals surface area contributed by atoms with Crippen LogP contribution in [-0.4, -0.2) is 16.6 Å². The molecule has 0 aliphatic rings. The molecule has 0 saturated carbocycles. The third kappa shape index (κ3) is 3.90. The summed E-state index contributed by atoms with van der Waals surface area (Å²) in [5, 5.41) is 4.45. The molecule has 0 radical (unpaired) electrons. The molecule has 118 valence electrons. The molecule has 0 bridgehead atoms. The Morgan fingerprint density at radius 2 is 1.83 bits per heavy atom. The zero-order chi connectivity index (χ0) is 16.1. The van der Waals surface area contributed by atoms with Crippen LogP contribution in [-0.2, 0) is 0 Å². The highest BCUT2D eigenvalue weighted by Gasteiger charge is 2.06. The van der Waals surface area contributed by atoms with Crippen molar-refractivity contribution in [2.24, 2.45) is 0 Å². The smallest absolute Gasteiger partial charge is 0.224 e. The average molecular weight is 328 g/mol. The van der Waals surface area contributed by atoms with Crippen molar-refractivity contribution < 1.29 is 4.74 Å². The molecule has 0 amide bonds. The number of rotatable bonds is 6. The number of halogens is 1. The highest BCUT2D eigenvalue weighted by atomic mass is 35.5. The predicted octanol–water partition coefficient (Wildman–Crippen LogP) is 5.21. The Morgan fingerprint density at radius 1 is 1.04 bits per heavy atom. The third-order valence-electron chi connectivity index (χ3n) is 3.46. The van der Waals surface area contributed by atoms with E-state index < -0.39 is 0 Å². The number of benzene rings is 2. The van der Waals surface area contributed by atoms with E-state index >= 15 is 0 Å². The Bertz CT molecular complexity index is 790. The van der Waals surface area contributed by atoms with E-state index in [1.807, 2.05) is 48.5 Å². The van der Waals surface area contributed by atoms with E-state index in [1.165, 1.54) is 0 Å². The van der Waals surface area contributed by atoms with Crippen LogP contribution in [0, 0.1) is 0 Å². The lowest BCUT2D eigenvalue weighted by Crippen LogP contribution is -1.98. The number of hydrogen-bond acceptors (Lipinski definition) is 4. The van der Waals surface area contributed by atoms with Crippen LogP contribution >= 0.6 is 11.6 Å². The lowest BCUT2D eigenvalue weighted by atomic mass is 10.2. The maximum absolute atomic E-state index is 6.00. The van der Waals surface area contributed by atoms with Crippen molar-refractivity contribution in [1.82, 2.24) is 9.97 Å². The molecule has 4 nitrogen and oxygen atoms in total. The van der Waals surface area contributed by atoms with Gasteiger partial charge in [0, 0.05) is 11.1 Å². The van der Waals surface area contributed by atoms with E-state index in [0.29, 0.717) is 5.82 Å². The number of hydrogen-bond donors (Lipinski definition) is 1. The van der Waals surface area contributed by atoms with E-state index in [4.69, 9.17) is 16.3 Å². The first kappa shape index (κ1) is 15.6. The monoisotopic (exact) mass is 327 g/mol. The molecule has 0 fully saturated rings. The Morgan fingerprint density at radius 3 is 2.61 bits per heavy atom. The maximum atomic E-state index is 6.00. The molecule has 0 unspecified atom stereocenters. The van der Waals surface area contributed by atoms with Gasteiger partial charge in [-0.3, -0.25) is 0 Å². The number of para-hydroxylation sites is 1. The van der Waals surface area contributed by atoms with Crippen LogP contribution in [0.5, 0.6) is 5.75 Å².